The second-order valence-corrected chi connectivity index (χ2v) is 12.7. The van der Waals surface area contributed by atoms with Crippen LogP contribution in [0, 0.1) is 5.82 Å². The molecule has 0 radical (unpaired) electrons. The molecule has 46 heavy (non-hydrogen) atoms. The molecule has 2 amide bonds. The van der Waals surface area contributed by atoms with Crippen LogP contribution in [0.3, 0.4) is 0 Å². The predicted octanol–water partition coefficient (Wildman–Crippen LogP) is -0.311. The van der Waals surface area contributed by atoms with E-state index in [1.54, 1.807) is 0 Å². The van der Waals surface area contributed by atoms with Gasteiger partial charge in [-0.05, 0) is 57.5 Å². The predicted molar refractivity (Wildman–Crippen MR) is 162 cm³/mol. The maximum absolute atomic E-state index is 15.0. The summed E-state index contributed by atoms with van der Waals surface area (Å²) in [7, 11) is 0.975. The molecule has 0 saturated carbocycles. The summed E-state index contributed by atoms with van der Waals surface area (Å²) < 4.78 is 21.2. The van der Waals surface area contributed by atoms with Gasteiger partial charge in [-0.2, -0.15) is 0 Å². The highest BCUT2D eigenvalue weighted by Gasteiger charge is 2.61. The van der Waals surface area contributed by atoms with E-state index in [2.05, 4.69) is 10.2 Å². The van der Waals surface area contributed by atoms with Crippen LogP contribution in [0.4, 0.5) is 10.1 Å². The number of amides is 2. The first kappa shape index (κ1) is 36.9. The van der Waals surface area contributed by atoms with Gasteiger partial charge in [0.15, 0.2) is 0 Å². The SMILES string of the molecule is C.CNC(=O)C(O)(O)C(O)(O)C(C=O)N1Cc2c(NC(O)(O)c3cc(CN4CC(C)(C)OC(C)(C)C4)ccc3F)cccc2C1=O. The molecule has 2 aliphatic heterocycles. The number of ether oxygens (including phenoxy) is 1. The van der Waals surface area contributed by atoms with Crippen molar-refractivity contribution in [2.45, 2.75) is 82.9 Å². The number of fused-ring (bicyclic) bond motifs is 1. The summed E-state index contributed by atoms with van der Waals surface area (Å²) in [5.74, 6) is -14.4. The molecule has 2 aromatic carbocycles. The summed E-state index contributed by atoms with van der Waals surface area (Å²) in [5.41, 5.74) is -1.01. The van der Waals surface area contributed by atoms with Gasteiger partial charge in [-0.3, -0.25) is 14.5 Å². The highest BCUT2D eigenvalue weighted by molar-refractivity contribution is 6.01. The summed E-state index contributed by atoms with van der Waals surface area (Å²) >= 11 is 0. The van der Waals surface area contributed by atoms with Gasteiger partial charge in [0, 0.05) is 50.0 Å². The zero-order valence-electron chi connectivity index (χ0n) is 25.5. The largest absolute Gasteiger partial charge is 0.367 e. The number of benzene rings is 2. The number of aliphatic hydroxyl groups is 6. The number of morpholine rings is 1. The molecule has 1 fully saturated rings. The molecule has 254 valence electrons. The Morgan fingerprint density at radius 2 is 1.67 bits per heavy atom. The highest BCUT2D eigenvalue weighted by atomic mass is 19.1. The van der Waals surface area contributed by atoms with Crippen LogP contribution in [-0.4, -0.2) is 107 Å². The molecule has 2 aromatic rings. The molecule has 2 heterocycles. The number of halogens is 1. The zero-order valence-corrected chi connectivity index (χ0v) is 25.5. The van der Waals surface area contributed by atoms with Crippen molar-refractivity contribution in [2.75, 3.05) is 25.5 Å². The summed E-state index contributed by atoms with van der Waals surface area (Å²) in [4.78, 5) is 39.8. The Hall–Kier alpha value is -3.54. The lowest BCUT2D eigenvalue weighted by Gasteiger charge is -2.47. The van der Waals surface area contributed by atoms with E-state index in [9.17, 15) is 45.0 Å². The molecule has 0 spiro atoms. The molecule has 0 aromatic heterocycles. The summed E-state index contributed by atoms with van der Waals surface area (Å²) in [6, 6.07) is 5.55. The molecule has 8 N–H and O–H groups in total. The van der Waals surface area contributed by atoms with E-state index in [-0.39, 0.29) is 30.5 Å². The van der Waals surface area contributed by atoms with Crippen LogP contribution in [0.15, 0.2) is 36.4 Å². The fourth-order valence-corrected chi connectivity index (χ4v) is 6.14. The molecule has 1 unspecified atom stereocenters. The molecule has 15 heteroatoms. The standard InChI is InChI=1S/C30H39FN4O10.CH4/c1-26(2)15-34(16-27(3,4)45-26)12-17-9-10-21(31)20(11-17)30(43,44)33-22-8-6-7-18-19(22)13-35(24(18)37)23(14-36)28(39,40)29(41,42)25(38)32-5;/h6-11,14,23,33,39-44H,12-13,15-16H2,1-5H3,(H,32,38);1H4. The number of carbonyl (C=O) groups excluding carboxylic acids is 3. The fourth-order valence-electron chi connectivity index (χ4n) is 6.14. The number of nitrogens with one attached hydrogen (secondary N) is 2. The average molecular weight is 651 g/mol. The van der Waals surface area contributed by atoms with E-state index in [0.717, 1.165) is 13.1 Å². The third-order valence-corrected chi connectivity index (χ3v) is 7.81. The summed E-state index contributed by atoms with van der Waals surface area (Å²) in [6.45, 7) is 8.77. The first-order chi connectivity index (χ1) is 20.7. The van der Waals surface area contributed by atoms with Gasteiger partial charge in [0.05, 0.1) is 16.8 Å². The number of rotatable bonds is 10. The molecule has 2 aliphatic rings. The monoisotopic (exact) mass is 650 g/mol. The Balaban J connectivity index is 0.00000576. The minimum absolute atomic E-state index is 0. The first-order valence-corrected chi connectivity index (χ1v) is 14.1. The number of hydrogen-bond acceptors (Lipinski definition) is 12. The molecular weight excluding hydrogens is 607 g/mol. The molecule has 1 atom stereocenters. The molecular formula is C31H43FN4O10. The van der Waals surface area contributed by atoms with Gasteiger partial charge >= 0.3 is 5.79 Å². The van der Waals surface area contributed by atoms with Gasteiger partial charge in [-0.1, -0.05) is 19.6 Å². The lowest BCUT2D eigenvalue weighted by atomic mass is 9.96. The second-order valence-electron chi connectivity index (χ2n) is 12.7. The smallest absolute Gasteiger partial charge is 0.303 e. The van der Waals surface area contributed by atoms with Crippen molar-refractivity contribution in [2.24, 2.45) is 0 Å². The number of anilines is 1. The van der Waals surface area contributed by atoms with Gasteiger partial charge in [0.1, 0.15) is 18.1 Å². The lowest BCUT2D eigenvalue weighted by molar-refractivity contribution is -0.348. The van der Waals surface area contributed by atoms with Gasteiger partial charge in [0.2, 0.25) is 0 Å². The van der Waals surface area contributed by atoms with E-state index in [1.165, 1.54) is 30.3 Å². The normalized spacial score (nSPS) is 18.8. The van der Waals surface area contributed by atoms with Crippen molar-refractivity contribution >= 4 is 23.8 Å². The summed E-state index contributed by atoms with van der Waals surface area (Å²) in [6.07, 6.45) is -0.152. The van der Waals surface area contributed by atoms with Crippen LogP contribution in [0.2, 0.25) is 0 Å². The van der Waals surface area contributed by atoms with Crippen molar-refractivity contribution in [1.82, 2.24) is 15.1 Å². The minimum Gasteiger partial charge on any atom is -0.367 e. The topological polar surface area (TPSA) is 212 Å². The van der Waals surface area contributed by atoms with Gasteiger partial charge in [-0.25, -0.2) is 4.39 Å². The first-order valence-electron chi connectivity index (χ1n) is 14.1. The molecule has 0 bridgehead atoms. The maximum Gasteiger partial charge on any atom is 0.303 e. The van der Waals surface area contributed by atoms with Crippen molar-refractivity contribution in [3.63, 3.8) is 0 Å². The fraction of sp³-hybridized carbons (Fsp3) is 0.516. The van der Waals surface area contributed by atoms with Gasteiger partial charge in [-0.15, -0.1) is 0 Å². The number of likely N-dealkylation sites (N-methyl/N-ethyl adjacent to an activating group) is 1. The zero-order chi connectivity index (χ0) is 33.8. The van der Waals surface area contributed by atoms with Gasteiger partial charge < -0.3 is 55.7 Å². The van der Waals surface area contributed by atoms with Crippen molar-refractivity contribution in [1.29, 1.82) is 0 Å². The quantitative estimate of drug-likeness (QED) is 0.123. The maximum atomic E-state index is 15.0. The number of aldehydes is 1. The molecule has 0 aliphatic carbocycles. The second kappa shape index (κ2) is 12.6. The number of nitrogens with zero attached hydrogens (tertiary/aromatic N) is 2. The minimum atomic E-state index is -3.91. The van der Waals surface area contributed by atoms with E-state index in [0.29, 0.717) is 30.1 Å². The molecule has 1 saturated heterocycles. The number of hydrogen-bond donors (Lipinski definition) is 8. The Morgan fingerprint density at radius 1 is 1.07 bits per heavy atom. The van der Waals surface area contributed by atoms with Gasteiger partial charge in [0.25, 0.3) is 23.5 Å². The lowest BCUT2D eigenvalue weighted by Crippen LogP contribution is -2.71. The van der Waals surface area contributed by atoms with Crippen molar-refractivity contribution < 1.29 is 54.2 Å². The highest BCUT2D eigenvalue weighted by Crippen LogP contribution is 2.37. The van der Waals surface area contributed by atoms with Crippen LogP contribution in [0.1, 0.15) is 62.2 Å². The van der Waals surface area contributed by atoms with Crippen LogP contribution >= 0.6 is 0 Å². The van der Waals surface area contributed by atoms with Crippen LogP contribution in [0.5, 0.6) is 0 Å². The van der Waals surface area contributed by atoms with Crippen LogP contribution < -0.4 is 10.6 Å². The van der Waals surface area contributed by atoms with E-state index >= 15 is 4.39 Å². The Morgan fingerprint density at radius 3 is 2.24 bits per heavy atom. The van der Waals surface area contributed by atoms with Crippen molar-refractivity contribution in [3.8, 4) is 0 Å². The molecule has 4 rings (SSSR count). The van der Waals surface area contributed by atoms with Crippen LogP contribution in [0.25, 0.3) is 0 Å². The Bertz CT molecular complexity index is 1480. The third-order valence-electron chi connectivity index (χ3n) is 7.81. The third kappa shape index (κ3) is 6.91. The van der Waals surface area contributed by atoms with Crippen molar-refractivity contribution in [3.05, 3.63) is 64.5 Å². The molecule has 14 nitrogen and oxygen atoms in total. The number of carbonyl (C=O) groups is 3. The van der Waals surface area contributed by atoms with E-state index in [4.69, 9.17) is 4.74 Å². The Kier molecular flexibility index (Phi) is 10.1. The van der Waals surface area contributed by atoms with E-state index < -0.39 is 64.5 Å². The van der Waals surface area contributed by atoms with Crippen LogP contribution in [-0.2, 0) is 33.3 Å². The average Bonchev–Trinajstić information content (AvgIpc) is 3.24. The Labute approximate surface area is 266 Å². The summed E-state index contributed by atoms with van der Waals surface area (Å²) in [5, 5.41) is 67.7. The van der Waals surface area contributed by atoms with E-state index in [1.807, 2.05) is 33.0 Å².